The normalized spacial score (nSPS) is 14.6. The monoisotopic (exact) mass is 912 g/mol. The Balaban J connectivity index is 0.000000170. The molecule has 0 unspecified atom stereocenters. The Kier molecular flexibility index (Phi) is 13.3. The van der Waals surface area contributed by atoms with E-state index in [0.717, 1.165) is 109 Å². The molecule has 0 aromatic carbocycles. The van der Waals surface area contributed by atoms with Crippen molar-refractivity contribution in [3.8, 4) is 39.8 Å². The Labute approximate surface area is 373 Å². The number of halogens is 1. The van der Waals surface area contributed by atoms with E-state index in [4.69, 9.17) is 14.5 Å². The van der Waals surface area contributed by atoms with Gasteiger partial charge in [0.1, 0.15) is 30.0 Å². The summed E-state index contributed by atoms with van der Waals surface area (Å²) in [4.78, 5) is 36.1. The molecule has 8 aromatic rings. The van der Waals surface area contributed by atoms with Gasteiger partial charge < -0.3 is 24.4 Å². The molecule has 0 bridgehead atoms. The summed E-state index contributed by atoms with van der Waals surface area (Å²) in [6, 6.07) is 19.9. The number of pyridine rings is 6. The van der Waals surface area contributed by atoms with Gasteiger partial charge in [0, 0.05) is 135 Å². The number of hydrogen-bond donors (Lipinski definition) is 1. The fourth-order valence-electron chi connectivity index (χ4n) is 7.73. The van der Waals surface area contributed by atoms with Crippen molar-refractivity contribution in [2.24, 2.45) is 0 Å². The number of piperazine rings is 2. The van der Waals surface area contributed by atoms with Crippen LogP contribution < -0.4 is 19.3 Å². The minimum Gasteiger partial charge on any atom is -0.506 e. The lowest BCUT2D eigenvalue weighted by Gasteiger charge is -2.35. The zero-order chi connectivity index (χ0) is 42.4. The van der Waals surface area contributed by atoms with Crippen LogP contribution >= 0.6 is 15.9 Å². The van der Waals surface area contributed by atoms with Gasteiger partial charge in [0.15, 0.2) is 11.3 Å². The highest BCUT2D eigenvalue weighted by atomic mass is 79.9. The Morgan fingerprint density at radius 2 is 1.03 bits per heavy atom. The van der Waals surface area contributed by atoms with Crippen molar-refractivity contribution in [1.82, 2.24) is 58.9 Å². The van der Waals surface area contributed by atoms with Gasteiger partial charge in [-0.25, -0.2) is 38.9 Å². The van der Waals surface area contributed by atoms with Crippen LogP contribution in [0.25, 0.3) is 33.5 Å². The highest BCUT2D eigenvalue weighted by Gasteiger charge is 2.21. The molecule has 18 heteroatoms. The van der Waals surface area contributed by atoms with Crippen molar-refractivity contribution < 1.29 is 14.6 Å². The molecular formula is C45H49BrN14O3. The van der Waals surface area contributed by atoms with Gasteiger partial charge in [0.25, 0.3) is 0 Å². The summed E-state index contributed by atoms with van der Waals surface area (Å²) >= 11 is 3.55. The zero-order valence-electron chi connectivity index (χ0n) is 34.4. The maximum Gasteiger partial charge on any atom is 0.212 e. The molecule has 324 valence electrons. The van der Waals surface area contributed by atoms with Crippen molar-refractivity contribution in [3.05, 3.63) is 126 Å². The van der Waals surface area contributed by atoms with Crippen LogP contribution in [0.5, 0.6) is 17.5 Å². The number of aromatic hydroxyl groups is 1. The van der Waals surface area contributed by atoms with Crippen LogP contribution in [0.15, 0.2) is 115 Å². The van der Waals surface area contributed by atoms with Crippen LogP contribution in [0.4, 0.5) is 11.6 Å². The van der Waals surface area contributed by atoms with Gasteiger partial charge in [-0.3, -0.25) is 9.80 Å². The highest BCUT2D eigenvalue weighted by molar-refractivity contribution is 9.10. The number of methoxy groups -OCH3 is 2. The topological polar surface area (TPSA) is 164 Å². The first kappa shape index (κ1) is 42.9. The molecule has 63 heavy (non-hydrogen) atoms. The Morgan fingerprint density at radius 3 is 1.46 bits per heavy atom. The quantitative estimate of drug-likeness (QED) is 0.166. The molecule has 2 aliphatic heterocycles. The van der Waals surface area contributed by atoms with Crippen molar-refractivity contribution in [2.75, 3.05) is 76.4 Å². The number of aromatic nitrogens is 10. The third-order valence-corrected chi connectivity index (χ3v) is 11.5. The summed E-state index contributed by atoms with van der Waals surface area (Å²) in [5.74, 6) is 3.38. The highest BCUT2D eigenvalue weighted by Crippen LogP contribution is 2.29. The van der Waals surface area contributed by atoms with Crippen LogP contribution in [0.2, 0.25) is 0 Å². The van der Waals surface area contributed by atoms with E-state index in [1.54, 1.807) is 35.6 Å². The molecule has 0 saturated carbocycles. The smallest absolute Gasteiger partial charge is 0.212 e. The standard InChI is InChI=1S/C22H22BrN7O.C22H23N7O2.CH4/c1-31-21-5-2-16(11-25-21)13-28-6-8-29(9-7-28)20-4-3-17(12-24-20)19-10-18(23)14-30-22(19)26-15-27-30;1-31-21-5-2-16(11-24-21)13-27-6-8-28(9-7-27)20-4-3-17(12-23-20)19-10-18(30)14-29-22(19)25-15-26-29;/h2-5,10-12,14-15H,6-9,13H2,1H3;2-5,10-12,14-15,30H,6-9,13H2,1H3;1H4. The van der Waals surface area contributed by atoms with Crippen molar-refractivity contribution in [2.45, 2.75) is 20.5 Å². The van der Waals surface area contributed by atoms with E-state index in [1.807, 2.05) is 61.3 Å². The summed E-state index contributed by atoms with van der Waals surface area (Å²) in [7, 11) is 3.26. The molecule has 10 heterocycles. The number of rotatable bonds is 10. The molecule has 8 aromatic heterocycles. The van der Waals surface area contributed by atoms with Gasteiger partial charge in [-0.15, -0.1) is 0 Å². The van der Waals surface area contributed by atoms with Gasteiger partial charge >= 0.3 is 0 Å². The number of hydrogen-bond acceptors (Lipinski definition) is 15. The SMILES string of the molecule is C.COc1ccc(CN2CCN(c3ccc(-c4cc(Br)cn5ncnc45)cn3)CC2)cn1.COc1ccc(CN2CCN(c3ccc(-c4cc(O)cn5ncnc45)cn3)CC2)cn1. The molecule has 1 N–H and O–H groups in total. The molecule has 2 aliphatic rings. The van der Waals surface area contributed by atoms with E-state index in [2.05, 4.69) is 94.9 Å². The Bertz CT molecular complexity index is 2530. The van der Waals surface area contributed by atoms with E-state index >= 15 is 0 Å². The molecule has 2 saturated heterocycles. The maximum absolute atomic E-state index is 9.97. The third-order valence-electron chi connectivity index (χ3n) is 11.0. The van der Waals surface area contributed by atoms with Crippen molar-refractivity contribution in [1.29, 1.82) is 0 Å². The van der Waals surface area contributed by atoms with E-state index < -0.39 is 0 Å². The zero-order valence-corrected chi connectivity index (χ0v) is 36.0. The first-order chi connectivity index (χ1) is 30.4. The van der Waals surface area contributed by atoms with Gasteiger partial charge in [0.05, 0.1) is 20.4 Å². The van der Waals surface area contributed by atoms with Crippen molar-refractivity contribution in [3.63, 3.8) is 0 Å². The summed E-state index contributed by atoms with van der Waals surface area (Å²) in [5, 5.41) is 18.3. The van der Waals surface area contributed by atoms with E-state index in [0.29, 0.717) is 17.4 Å². The summed E-state index contributed by atoms with van der Waals surface area (Å²) in [6.45, 7) is 9.39. The number of fused-ring (bicyclic) bond motifs is 2. The number of anilines is 2. The van der Waals surface area contributed by atoms with E-state index in [1.165, 1.54) is 23.7 Å². The minimum atomic E-state index is 0. The molecule has 0 amide bonds. The molecule has 17 nitrogen and oxygen atoms in total. The summed E-state index contributed by atoms with van der Waals surface area (Å²) < 4.78 is 14.5. The lowest BCUT2D eigenvalue weighted by atomic mass is 10.1. The lowest BCUT2D eigenvalue weighted by molar-refractivity contribution is 0.249. The molecule has 0 aliphatic carbocycles. The predicted molar refractivity (Wildman–Crippen MR) is 245 cm³/mol. The molecular weight excluding hydrogens is 864 g/mol. The van der Waals surface area contributed by atoms with Gasteiger partial charge in [-0.1, -0.05) is 19.6 Å². The molecule has 10 rings (SSSR count). The largest absolute Gasteiger partial charge is 0.506 e. The molecule has 2 fully saturated rings. The van der Waals surface area contributed by atoms with E-state index in [9.17, 15) is 5.11 Å². The van der Waals surface area contributed by atoms with Crippen LogP contribution in [0.1, 0.15) is 18.6 Å². The molecule has 0 radical (unpaired) electrons. The second kappa shape index (κ2) is 19.5. The van der Waals surface area contributed by atoms with Crippen LogP contribution in [-0.2, 0) is 13.1 Å². The average molecular weight is 914 g/mol. The second-order valence-electron chi connectivity index (χ2n) is 15.0. The maximum atomic E-state index is 9.97. The fourth-order valence-corrected chi connectivity index (χ4v) is 8.16. The van der Waals surface area contributed by atoms with Crippen LogP contribution in [0.3, 0.4) is 0 Å². The Morgan fingerprint density at radius 1 is 0.556 bits per heavy atom. The first-order valence-corrected chi connectivity index (χ1v) is 21.0. The third kappa shape index (κ3) is 9.98. The van der Waals surface area contributed by atoms with Crippen LogP contribution in [0, 0.1) is 0 Å². The summed E-state index contributed by atoms with van der Waals surface area (Å²) in [5.41, 5.74) is 7.61. The summed E-state index contributed by atoms with van der Waals surface area (Å²) in [6.07, 6.45) is 14.0. The number of nitrogens with zero attached hydrogens (tertiary/aromatic N) is 14. The van der Waals surface area contributed by atoms with Crippen molar-refractivity contribution >= 4 is 38.9 Å². The van der Waals surface area contributed by atoms with Gasteiger partial charge in [-0.05, 0) is 63.5 Å². The lowest BCUT2D eigenvalue weighted by Crippen LogP contribution is -2.46. The van der Waals surface area contributed by atoms with Gasteiger partial charge in [-0.2, -0.15) is 10.2 Å². The fraction of sp³-hybridized carbons (Fsp3) is 0.289. The molecule has 0 spiro atoms. The van der Waals surface area contributed by atoms with Gasteiger partial charge in [0.2, 0.25) is 11.8 Å². The number of ether oxygens (including phenoxy) is 2. The average Bonchev–Trinajstić information content (AvgIpc) is 4.00. The minimum absolute atomic E-state index is 0. The van der Waals surface area contributed by atoms with Crippen LogP contribution in [-0.4, -0.2) is 131 Å². The first-order valence-electron chi connectivity index (χ1n) is 20.3. The van der Waals surface area contributed by atoms with E-state index in [-0.39, 0.29) is 13.2 Å². The second-order valence-corrected chi connectivity index (χ2v) is 15.9. The molecule has 0 atom stereocenters. The predicted octanol–water partition coefficient (Wildman–Crippen LogP) is 6.14. The Hall–Kier alpha value is -6.76.